The topological polar surface area (TPSA) is 72.2 Å². The second kappa shape index (κ2) is 7.92. The van der Waals surface area contributed by atoms with Gasteiger partial charge in [0, 0.05) is 28.6 Å². The number of halogens is 2. The maximum absolute atomic E-state index is 12.1. The summed E-state index contributed by atoms with van der Waals surface area (Å²) in [6, 6.07) is 10.4. The van der Waals surface area contributed by atoms with E-state index in [-0.39, 0.29) is 5.69 Å². The highest BCUT2D eigenvalue weighted by molar-refractivity contribution is 6.35. The van der Waals surface area contributed by atoms with Crippen LogP contribution >= 0.6 is 23.2 Å². The Balaban J connectivity index is 1.62. The van der Waals surface area contributed by atoms with Gasteiger partial charge in [-0.1, -0.05) is 29.3 Å². The summed E-state index contributed by atoms with van der Waals surface area (Å²) in [5, 5.41) is 9.24. The Morgan fingerprint density at radius 3 is 2.76 bits per heavy atom. The molecule has 8 heteroatoms. The Hall–Kier alpha value is -2.70. The molecule has 0 fully saturated rings. The van der Waals surface area contributed by atoms with E-state index in [1.807, 2.05) is 6.07 Å². The van der Waals surface area contributed by atoms with Crippen LogP contribution in [0.15, 0.2) is 60.1 Å². The number of benzene rings is 1. The lowest BCUT2D eigenvalue weighted by molar-refractivity contribution is 0.0949. The van der Waals surface area contributed by atoms with Gasteiger partial charge in [0.15, 0.2) is 5.69 Å². The van der Waals surface area contributed by atoms with Crippen LogP contribution in [0.25, 0.3) is 0 Å². The van der Waals surface area contributed by atoms with E-state index < -0.39 is 5.91 Å². The summed E-state index contributed by atoms with van der Waals surface area (Å²) in [5.74, 6) is -0.397. The van der Waals surface area contributed by atoms with E-state index in [0.29, 0.717) is 16.6 Å². The van der Waals surface area contributed by atoms with Gasteiger partial charge in [0.05, 0.1) is 12.8 Å². The van der Waals surface area contributed by atoms with E-state index in [1.165, 1.54) is 6.21 Å². The zero-order chi connectivity index (χ0) is 17.6. The fraction of sp³-hybridized carbons (Fsp3) is 0.0588. The highest BCUT2D eigenvalue weighted by Gasteiger charge is 2.09. The molecule has 0 unspecified atom stereocenters. The first-order chi connectivity index (χ1) is 12.1. The van der Waals surface area contributed by atoms with Gasteiger partial charge >= 0.3 is 0 Å². The number of amides is 1. The molecule has 6 nitrogen and oxygen atoms in total. The van der Waals surface area contributed by atoms with Crippen LogP contribution in [0.1, 0.15) is 21.6 Å². The molecule has 0 radical (unpaired) electrons. The number of aromatic nitrogens is 3. The molecular weight excluding hydrogens is 361 g/mol. The number of carbonyl (C=O) groups excluding carboxylic acids is 1. The minimum atomic E-state index is -0.397. The third-order valence-corrected chi connectivity index (χ3v) is 3.89. The Bertz CT molecular complexity index is 908. The van der Waals surface area contributed by atoms with Gasteiger partial charge in [-0.15, -0.1) is 0 Å². The van der Waals surface area contributed by atoms with Crippen molar-refractivity contribution in [3.05, 3.63) is 81.9 Å². The molecule has 0 aliphatic carbocycles. The smallest absolute Gasteiger partial charge is 0.267 e. The molecule has 2 aromatic heterocycles. The zero-order valence-corrected chi connectivity index (χ0v) is 14.4. The molecule has 25 heavy (non-hydrogen) atoms. The van der Waals surface area contributed by atoms with Gasteiger partial charge in [-0.25, -0.2) is 5.43 Å². The molecule has 1 aromatic carbocycles. The van der Waals surface area contributed by atoms with E-state index in [9.17, 15) is 4.79 Å². The number of hydrogen-bond acceptors (Lipinski definition) is 4. The molecule has 2 heterocycles. The highest BCUT2D eigenvalue weighted by Crippen LogP contribution is 2.21. The number of hydrogen-bond donors (Lipinski definition) is 1. The van der Waals surface area contributed by atoms with E-state index in [2.05, 4.69) is 20.6 Å². The summed E-state index contributed by atoms with van der Waals surface area (Å²) in [6.45, 7) is 0.434. The van der Waals surface area contributed by atoms with Crippen LogP contribution in [0.4, 0.5) is 0 Å². The Labute approximate surface area is 154 Å². The normalized spacial score (nSPS) is 11.0. The molecule has 0 saturated heterocycles. The van der Waals surface area contributed by atoms with Crippen LogP contribution in [0.2, 0.25) is 10.0 Å². The van der Waals surface area contributed by atoms with Crippen LogP contribution in [-0.2, 0) is 6.54 Å². The molecule has 0 spiro atoms. The number of carbonyl (C=O) groups is 1. The second-order valence-electron chi connectivity index (χ2n) is 5.11. The predicted octanol–water partition coefficient (Wildman–Crippen LogP) is 3.40. The predicted molar refractivity (Wildman–Crippen MR) is 97.1 cm³/mol. The minimum Gasteiger partial charge on any atom is -0.267 e. The summed E-state index contributed by atoms with van der Waals surface area (Å²) < 4.78 is 1.62. The van der Waals surface area contributed by atoms with Gasteiger partial charge in [0.1, 0.15) is 0 Å². The molecule has 0 atom stereocenters. The molecule has 126 valence electrons. The summed E-state index contributed by atoms with van der Waals surface area (Å²) in [5.41, 5.74) is 4.39. The lowest BCUT2D eigenvalue weighted by Crippen LogP contribution is -2.18. The van der Waals surface area contributed by atoms with Crippen molar-refractivity contribution < 1.29 is 4.79 Å². The third-order valence-electron chi connectivity index (χ3n) is 3.31. The maximum atomic E-state index is 12.1. The maximum Gasteiger partial charge on any atom is 0.291 e. The van der Waals surface area contributed by atoms with Crippen LogP contribution in [0.5, 0.6) is 0 Å². The Kier molecular flexibility index (Phi) is 5.42. The van der Waals surface area contributed by atoms with Gasteiger partial charge in [0.2, 0.25) is 0 Å². The van der Waals surface area contributed by atoms with Gasteiger partial charge in [-0.05, 0) is 41.5 Å². The van der Waals surface area contributed by atoms with Crippen molar-refractivity contribution in [3.8, 4) is 0 Å². The molecule has 1 N–H and O–H groups in total. The third kappa shape index (κ3) is 4.65. The SMILES string of the molecule is O=C(N/N=C\c1ccncc1)c1ccn(Cc2ccc(Cl)cc2Cl)n1. The van der Waals surface area contributed by atoms with Crippen molar-refractivity contribution in [1.29, 1.82) is 0 Å². The van der Waals surface area contributed by atoms with Crippen molar-refractivity contribution in [2.45, 2.75) is 6.54 Å². The number of rotatable bonds is 5. The first-order valence-corrected chi connectivity index (χ1v) is 8.08. The van der Waals surface area contributed by atoms with Crippen LogP contribution < -0.4 is 5.43 Å². The average Bonchev–Trinajstić information content (AvgIpc) is 3.07. The van der Waals surface area contributed by atoms with E-state index in [0.717, 1.165) is 11.1 Å². The summed E-state index contributed by atoms with van der Waals surface area (Å²) >= 11 is 12.0. The zero-order valence-electron chi connectivity index (χ0n) is 12.9. The summed E-state index contributed by atoms with van der Waals surface area (Å²) in [7, 11) is 0. The van der Waals surface area contributed by atoms with Crippen LogP contribution in [-0.4, -0.2) is 26.9 Å². The number of nitrogens with zero attached hydrogens (tertiary/aromatic N) is 4. The van der Waals surface area contributed by atoms with Crippen molar-refractivity contribution in [1.82, 2.24) is 20.2 Å². The first kappa shape index (κ1) is 17.1. The van der Waals surface area contributed by atoms with Crippen molar-refractivity contribution >= 4 is 35.3 Å². The van der Waals surface area contributed by atoms with Gasteiger partial charge in [-0.2, -0.15) is 10.2 Å². The molecular formula is C17H13Cl2N5O. The lowest BCUT2D eigenvalue weighted by Gasteiger charge is -2.05. The molecule has 0 bridgehead atoms. The quantitative estimate of drug-likeness (QED) is 0.550. The van der Waals surface area contributed by atoms with Crippen molar-refractivity contribution in [2.24, 2.45) is 5.10 Å². The number of nitrogens with one attached hydrogen (secondary N) is 1. The Morgan fingerprint density at radius 1 is 1.20 bits per heavy atom. The highest BCUT2D eigenvalue weighted by atomic mass is 35.5. The average molecular weight is 374 g/mol. The monoisotopic (exact) mass is 373 g/mol. The molecule has 0 saturated carbocycles. The van der Waals surface area contributed by atoms with Gasteiger partial charge in [0.25, 0.3) is 5.91 Å². The first-order valence-electron chi connectivity index (χ1n) is 7.32. The van der Waals surface area contributed by atoms with E-state index in [1.54, 1.807) is 53.6 Å². The van der Waals surface area contributed by atoms with Crippen molar-refractivity contribution in [3.63, 3.8) is 0 Å². The fourth-order valence-electron chi connectivity index (χ4n) is 2.07. The van der Waals surface area contributed by atoms with Crippen LogP contribution in [0, 0.1) is 0 Å². The Morgan fingerprint density at radius 2 is 2.00 bits per heavy atom. The lowest BCUT2D eigenvalue weighted by atomic mass is 10.2. The summed E-state index contributed by atoms with van der Waals surface area (Å²) in [4.78, 5) is 16.0. The van der Waals surface area contributed by atoms with Crippen molar-refractivity contribution in [2.75, 3.05) is 0 Å². The molecule has 3 rings (SSSR count). The summed E-state index contributed by atoms with van der Waals surface area (Å²) in [6.07, 6.45) is 6.52. The standard InChI is InChI=1S/C17H13Cl2N5O/c18-14-2-1-13(15(19)9-14)11-24-8-5-16(23-24)17(25)22-21-10-12-3-6-20-7-4-12/h1-10H,11H2,(H,22,25)/b21-10-. The molecule has 0 aliphatic rings. The second-order valence-corrected chi connectivity index (χ2v) is 5.96. The molecule has 3 aromatic rings. The van der Waals surface area contributed by atoms with Gasteiger partial charge < -0.3 is 0 Å². The molecule has 1 amide bonds. The van der Waals surface area contributed by atoms with E-state index in [4.69, 9.17) is 23.2 Å². The minimum absolute atomic E-state index is 0.261. The van der Waals surface area contributed by atoms with E-state index >= 15 is 0 Å². The number of pyridine rings is 1. The largest absolute Gasteiger partial charge is 0.291 e. The number of hydrazone groups is 1. The van der Waals surface area contributed by atoms with Gasteiger partial charge in [-0.3, -0.25) is 14.5 Å². The van der Waals surface area contributed by atoms with Crippen LogP contribution in [0.3, 0.4) is 0 Å². The fourth-order valence-corrected chi connectivity index (χ4v) is 2.54. The molecule has 0 aliphatic heterocycles.